The van der Waals surface area contributed by atoms with E-state index in [1.54, 1.807) is 24.3 Å². The Bertz CT molecular complexity index is 1840. The second-order valence-corrected chi connectivity index (χ2v) is 21.6. The molecule has 0 aliphatic heterocycles. The Morgan fingerprint density at radius 1 is 0.643 bits per heavy atom. The number of phosphoric acid groups is 1. The standard InChI is InChI=1S/C42H51N2O10PSi/c1-32(45)43-39(41(47)44-38(42(48)50-26-27-56(2,3)4)24-25-40(46)51-29-34-14-8-5-9-15-34)28-33-20-22-37(23-21-33)54-55(49,52-30-35-16-10-6-11-17-35)53-31-36-18-12-7-13-19-36/h5-23,38-39H,24-31H2,1-4H3,(H,43,45)(H,44,47)/t38-,39-/m0/s1. The molecule has 298 valence electrons. The number of ether oxygens (including phenoxy) is 2. The summed E-state index contributed by atoms with van der Waals surface area (Å²) in [5.41, 5.74) is 3.00. The van der Waals surface area contributed by atoms with Crippen LogP contribution in [0.25, 0.3) is 0 Å². The van der Waals surface area contributed by atoms with Crippen molar-refractivity contribution in [3.05, 3.63) is 138 Å². The first-order valence-electron chi connectivity index (χ1n) is 18.5. The second-order valence-electron chi connectivity index (χ2n) is 14.4. The zero-order valence-electron chi connectivity index (χ0n) is 32.3. The van der Waals surface area contributed by atoms with E-state index < -0.39 is 51.7 Å². The highest BCUT2D eigenvalue weighted by Gasteiger charge is 2.31. The minimum absolute atomic E-state index is 0.0137. The summed E-state index contributed by atoms with van der Waals surface area (Å²) >= 11 is 0. The third-order valence-corrected chi connectivity index (χ3v) is 11.3. The van der Waals surface area contributed by atoms with Crippen LogP contribution in [-0.2, 0) is 68.5 Å². The maximum atomic E-state index is 13.8. The van der Waals surface area contributed by atoms with Gasteiger partial charge < -0.3 is 24.6 Å². The van der Waals surface area contributed by atoms with Crippen molar-refractivity contribution < 1.29 is 46.8 Å². The topological polar surface area (TPSA) is 156 Å². The van der Waals surface area contributed by atoms with E-state index in [4.69, 9.17) is 23.0 Å². The van der Waals surface area contributed by atoms with E-state index in [1.807, 2.05) is 91.0 Å². The number of hydrogen-bond acceptors (Lipinski definition) is 10. The number of carbonyl (C=O) groups excluding carboxylic acids is 4. The van der Waals surface area contributed by atoms with Crippen molar-refractivity contribution in [1.82, 2.24) is 10.6 Å². The van der Waals surface area contributed by atoms with Crippen molar-refractivity contribution in [2.24, 2.45) is 0 Å². The molecule has 0 fully saturated rings. The van der Waals surface area contributed by atoms with Gasteiger partial charge in [-0.25, -0.2) is 9.36 Å². The van der Waals surface area contributed by atoms with Gasteiger partial charge in [-0.1, -0.05) is 123 Å². The van der Waals surface area contributed by atoms with Crippen LogP contribution < -0.4 is 15.2 Å². The van der Waals surface area contributed by atoms with E-state index in [2.05, 4.69) is 30.3 Å². The predicted molar refractivity (Wildman–Crippen MR) is 215 cm³/mol. The lowest BCUT2D eigenvalue weighted by atomic mass is 10.0. The van der Waals surface area contributed by atoms with Crippen molar-refractivity contribution in [3.63, 3.8) is 0 Å². The third kappa shape index (κ3) is 16.3. The number of rotatable bonds is 22. The van der Waals surface area contributed by atoms with Crippen LogP contribution in [0.15, 0.2) is 115 Å². The lowest BCUT2D eigenvalue weighted by Crippen LogP contribution is -2.52. The summed E-state index contributed by atoms with van der Waals surface area (Å²) in [6.45, 7) is 7.97. The molecule has 12 nitrogen and oxygen atoms in total. The summed E-state index contributed by atoms with van der Waals surface area (Å²) in [5.74, 6) is -2.12. The molecule has 0 heterocycles. The first-order valence-corrected chi connectivity index (χ1v) is 23.6. The van der Waals surface area contributed by atoms with Gasteiger partial charge in [-0.2, -0.15) is 0 Å². The molecule has 0 aromatic heterocycles. The van der Waals surface area contributed by atoms with Crippen LogP contribution in [0.1, 0.15) is 42.0 Å². The van der Waals surface area contributed by atoms with Gasteiger partial charge in [-0.15, -0.1) is 0 Å². The maximum Gasteiger partial charge on any atom is 0.530 e. The van der Waals surface area contributed by atoms with Gasteiger partial charge in [0.05, 0.1) is 19.8 Å². The molecule has 14 heteroatoms. The first-order chi connectivity index (χ1) is 26.8. The average molecular weight is 803 g/mol. The van der Waals surface area contributed by atoms with Crippen LogP contribution in [0, 0.1) is 0 Å². The van der Waals surface area contributed by atoms with Gasteiger partial charge in [0.2, 0.25) is 11.8 Å². The number of amides is 2. The van der Waals surface area contributed by atoms with Crippen LogP contribution in [-0.4, -0.2) is 50.5 Å². The fourth-order valence-corrected chi connectivity index (χ4v) is 7.09. The average Bonchev–Trinajstić information content (AvgIpc) is 3.18. The molecule has 0 saturated heterocycles. The molecule has 0 unspecified atom stereocenters. The molecule has 0 spiro atoms. The maximum absolute atomic E-state index is 13.8. The van der Waals surface area contributed by atoms with Crippen molar-refractivity contribution in [2.75, 3.05) is 6.61 Å². The summed E-state index contributed by atoms with van der Waals surface area (Å²) < 4.78 is 42.0. The zero-order valence-corrected chi connectivity index (χ0v) is 34.2. The molecule has 56 heavy (non-hydrogen) atoms. The summed E-state index contributed by atoms with van der Waals surface area (Å²) in [5, 5.41) is 5.35. The van der Waals surface area contributed by atoms with Crippen molar-refractivity contribution >= 4 is 39.6 Å². The Labute approximate surface area is 329 Å². The smallest absolute Gasteiger partial charge is 0.464 e. The number of nitrogens with one attached hydrogen (secondary N) is 2. The van der Waals surface area contributed by atoms with E-state index in [9.17, 15) is 23.7 Å². The quantitative estimate of drug-likeness (QED) is 0.0463. The highest BCUT2D eigenvalue weighted by atomic mass is 31.2. The lowest BCUT2D eigenvalue weighted by Gasteiger charge is -2.23. The molecule has 0 radical (unpaired) electrons. The summed E-state index contributed by atoms with van der Waals surface area (Å²) in [4.78, 5) is 51.8. The molecule has 2 N–H and O–H groups in total. The number of hydrogen-bond donors (Lipinski definition) is 2. The highest BCUT2D eigenvalue weighted by Crippen LogP contribution is 2.51. The molecular weight excluding hydrogens is 752 g/mol. The fourth-order valence-electron chi connectivity index (χ4n) is 5.20. The van der Waals surface area contributed by atoms with E-state index >= 15 is 0 Å². The molecule has 0 aliphatic rings. The monoisotopic (exact) mass is 802 g/mol. The van der Waals surface area contributed by atoms with Gasteiger partial charge in [0.25, 0.3) is 0 Å². The normalized spacial score (nSPS) is 12.5. The van der Waals surface area contributed by atoms with Crippen LogP contribution in [0.5, 0.6) is 5.75 Å². The second kappa shape index (κ2) is 21.9. The van der Waals surface area contributed by atoms with Gasteiger partial charge in [0.1, 0.15) is 24.4 Å². The molecule has 0 bridgehead atoms. The Kier molecular flexibility index (Phi) is 17.0. The molecule has 4 aromatic carbocycles. The number of phosphoric ester groups is 1. The van der Waals surface area contributed by atoms with Crippen molar-refractivity contribution in [2.45, 2.75) is 83.8 Å². The lowest BCUT2D eigenvalue weighted by molar-refractivity contribution is -0.149. The SMILES string of the molecule is CC(=O)N[C@@H](Cc1ccc(OP(=O)(OCc2ccccc2)OCc2ccccc2)cc1)C(=O)N[C@@H](CCC(=O)OCc1ccccc1)C(=O)OCC[Si](C)(C)C. The summed E-state index contributed by atoms with van der Waals surface area (Å²) in [6.07, 6.45) is -0.182. The number of benzene rings is 4. The third-order valence-electron chi connectivity index (χ3n) is 8.32. The highest BCUT2D eigenvalue weighted by molar-refractivity contribution is 7.48. The van der Waals surface area contributed by atoms with Gasteiger partial charge in [-0.05, 0) is 46.9 Å². The minimum atomic E-state index is -4.12. The fraction of sp³-hybridized carbons (Fsp3) is 0.333. The van der Waals surface area contributed by atoms with E-state index in [0.29, 0.717) is 5.56 Å². The van der Waals surface area contributed by atoms with Gasteiger partial charge in [0, 0.05) is 27.8 Å². The molecule has 2 amide bonds. The molecule has 4 aromatic rings. The number of esters is 2. The van der Waals surface area contributed by atoms with Gasteiger partial charge in [-0.3, -0.25) is 23.4 Å². The van der Waals surface area contributed by atoms with Crippen LogP contribution in [0.2, 0.25) is 25.7 Å². The molecule has 0 aliphatic carbocycles. The predicted octanol–water partition coefficient (Wildman–Crippen LogP) is 7.54. The van der Waals surface area contributed by atoms with Crippen molar-refractivity contribution in [3.8, 4) is 5.75 Å². The van der Waals surface area contributed by atoms with E-state index in [0.717, 1.165) is 22.7 Å². The molecule has 0 saturated carbocycles. The van der Waals surface area contributed by atoms with Crippen LogP contribution in [0.3, 0.4) is 0 Å². The van der Waals surface area contributed by atoms with Crippen molar-refractivity contribution in [1.29, 1.82) is 0 Å². The Balaban J connectivity index is 1.42. The summed E-state index contributed by atoms with van der Waals surface area (Å²) in [7, 11) is -5.65. The van der Waals surface area contributed by atoms with E-state index in [1.165, 1.54) is 6.92 Å². The first kappa shape index (κ1) is 43.7. The number of carbonyl (C=O) groups is 4. The molecule has 2 atom stereocenters. The molecule has 4 rings (SSSR count). The Morgan fingerprint density at radius 2 is 1.16 bits per heavy atom. The van der Waals surface area contributed by atoms with E-state index in [-0.39, 0.29) is 51.4 Å². The van der Waals surface area contributed by atoms with Crippen LogP contribution in [0.4, 0.5) is 0 Å². The Morgan fingerprint density at radius 3 is 1.66 bits per heavy atom. The summed E-state index contributed by atoms with van der Waals surface area (Å²) in [6, 6.07) is 32.5. The van der Waals surface area contributed by atoms with Crippen LogP contribution >= 0.6 is 7.82 Å². The zero-order chi connectivity index (χ0) is 40.4. The Hall–Kier alpha value is -5.07. The van der Waals surface area contributed by atoms with Gasteiger partial charge >= 0.3 is 19.8 Å². The molecular formula is C42H51N2O10PSi. The largest absolute Gasteiger partial charge is 0.530 e. The minimum Gasteiger partial charge on any atom is -0.464 e. The van der Waals surface area contributed by atoms with Gasteiger partial charge in [0.15, 0.2) is 0 Å².